The van der Waals surface area contributed by atoms with Crippen LogP contribution in [0, 0.1) is 0 Å². The number of carbonyl (C=O) groups is 2. The van der Waals surface area contributed by atoms with Crippen LogP contribution in [0.3, 0.4) is 0 Å². The van der Waals surface area contributed by atoms with Crippen LogP contribution in [-0.4, -0.2) is 33.8 Å². The Morgan fingerprint density at radius 3 is 2.46 bits per heavy atom. The van der Waals surface area contributed by atoms with E-state index < -0.39 is 5.97 Å². The first kappa shape index (κ1) is 23.2. The SMILES string of the molecule is CC1=NN(c2ccc(C(=O)O)cc2)C(=O)/C1=C\c1ccc2c(c1)C1CCCC1N2c1ccc(CO)cc1. The van der Waals surface area contributed by atoms with Gasteiger partial charge in [0.05, 0.1) is 29.1 Å². The molecule has 7 heteroatoms. The van der Waals surface area contributed by atoms with Gasteiger partial charge in [-0.3, -0.25) is 4.79 Å². The van der Waals surface area contributed by atoms with Gasteiger partial charge in [0.15, 0.2) is 0 Å². The Hall–Kier alpha value is -4.23. The fourth-order valence-electron chi connectivity index (χ4n) is 5.83. The van der Waals surface area contributed by atoms with E-state index >= 15 is 0 Å². The van der Waals surface area contributed by atoms with E-state index in [1.807, 2.05) is 31.2 Å². The maximum atomic E-state index is 13.2. The maximum Gasteiger partial charge on any atom is 0.335 e. The van der Waals surface area contributed by atoms with Crippen molar-refractivity contribution in [3.8, 4) is 0 Å². The molecule has 0 radical (unpaired) electrons. The number of aliphatic hydroxyl groups is 1. The topological polar surface area (TPSA) is 93.4 Å². The van der Waals surface area contributed by atoms with Crippen molar-refractivity contribution >= 4 is 40.7 Å². The van der Waals surface area contributed by atoms with Gasteiger partial charge in [0.2, 0.25) is 0 Å². The monoisotopic (exact) mass is 493 g/mol. The number of amides is 1. The molecule has 0 aromatic heterocycles. The van der Waals surface area contributed by atoms with Crippen molar-refractivity contribution in [2.45, 2.75) is 44.8 Å². The molecule has 7 nitrogen and oxygen atoms in total. The van der Waals surface area contributed by atoms with Gasteiger partial charge in [-0.25, -0.2) is 4.79 Å². The number of aliphatic hydroxyl groups excluding tert-OH is 1. The Balaban J connectivity index is 1.31. The third-order valence-electron chi connectivity index (χ3n) is 7.65. The Bertz CT molecular complexity index is 1460. The van der Waals surface area contributed by atoms with E-state index in [2.05, 4.69) is 34.3 Å². The minimum atomic E-state index is -1.01. The quantitative estimate of drug-likeness (QED) is 0.460. The summed E-state index contributed by atoms with van der Waals surface area (Å²) in [6.45, 7) is 1.85. The third kappa shape index (κ3) is 3.92. The lowest BCUT2D eigenvalue weighted by atomic mass is 9.95. The van der Waals surface area contributed by atoms with E-state index in [1.54, 1.807) is 12.1 Å². The van der Waals surface area contributed by atoms with Gasteiger partial charge in [-0.1, -0.05) is 24.6 Å². The highest BCUT2D eigenvalue weighted by molar-refractivity contribution is 6.32. The molecule has 37 heavy (non-hydrogen) atoms. The van der Waals surface area contributed by atoms with Crippen molar-refractivity contribution in [2.75, 3.05) is 9.91 Å². The van der Waals surface area contributed by atoms with Crippen LogP contribution >= 0.6 is 0 Å². The highest BCUT2D eigenvalue weighted by Gasteiger charge is 2.42. The number of fused-ring (bicyclic) bond motifs is 3. The van der Waals surface area contributed by atoms with Gasteiger partial charge in [0.25, 0.3) is 5.91 Å². The smallest absolute Gasteiger partial charge is 0.335 e. The molecule has 2 N–H and O–H groups in total. The number of carbonyl (C=O) groups excluding carboxylic acids is 1. The minimum Gasteiger partial charge on any atom is -0.478 e. The zero-order valence-electron chi connectivity index (χ0n) is 20.5. The van der Waals surface area contributed by atoms with Crippen molar-refractivity contribution in [1.82, 2.24) is 0 Å². The van der Waals surface area contributed by atoms with Crippen LogP contribution in [0.5, 0.6) is 0 Å². The van der Waals surface area contributed by atoms with Crippen LogP contribution in [0.15, 0.2) is 77.4 Å². The van der Waals surface area contributed by atoms with E-state index in [9.17, 15) is 14.7 Å². The fraction of sp³-hybridized carbons (Fsp3) is 0.233. The van der Waals surface area contributed by atoms with Crippen molar-refractivity contribution in [3.05, 3.63) is 94.6 Å². The summed E-state index contributed by atoms with van der Waals surface area (Å²) in [5, 5.41) is 24.3. The Morgan fingerprint density at radius 1 is 1.03 bits per heavy atom. The van der Waals surface area contributed by atoms with Crippen LogP contribution in [0.4, 0.5) is 17.1 Å². The molecule has 3 aromatic carbocycles. The molecule has 0 bridgehead atoms. The van der Waals surface area contributed by atoms with Crippen molar-refractivity contribution in [3.63, 3.8) is 0 Å². The van der Waals surface area contributed by atoms with Crippen LogP contribution in [0.25, 0.3) is 6.08 Å². The van der Waals surface area contributed by atoms with Gasteiger partial charge in [-0.15, -0.1) is 0 Å². The number of rotatable bonds is 5. The van der Waals surface area contributed by atoms with E-state index in [-0.39, 0.29) is 18.1 Å². The first-order valence-corrected chi connectivity index (χ1v) is 12.5. The second-order valence-corrected chi connectivity index (χ2v) is 9.83. The van der Waals surface area contributed by atoms with Crippen LogP contribution in [-0.2, 0) is 11.4 Å². The van der Waals surface area contributed by atoms with E-state index in [0.29, 0.717) is 28.9 Å². The average Bonchev–Trinajstić information content (AvgIpc) is 3.58. The summed E-state index contributed by atoms with van der Waals surface area (Å²) in [4.78, 5) is 26.8. The zero-order chi connectivity index (χ0) is 25.7. The predicted molar refractivity (Wildman–Crippen MR) is 143 cm³/mol. The third-order valence-corrected chi connectivity index (χ3v) is 7.65. The molecule has 2 atom stereocenters. The lowest BCUT2D eigenvalue weighted by molar-refractivity contribution is -0.114. The van der Waals surface area contributed by atoms with Gasteiger partial charge in [-0.2, -0.15) is 10.1 Å². The number of carboxylic acids is 1. The molecule has 186 valence electrons. The van der Waals surface area contributed by atoms with E-state index in [4.69, 9.17) is 5.11 Å². The molecule has 2 aliphatic heterocycles. The summed E-state index contributed by atoms with van der Waals surface area (Å²) < 4.78 is 0. The van der Waals surface area contributed by atoms with Crippen molar-refractivity contribution in [1.29, 1.82) is 0 Å². The normalized spacial score (nSPS) is 21.4. The standard InChI is InChI=1S/C30H27N3O4/c1-18-25(29(35)33(31-18)23-12-8-21(9-13-23)30(36)37)15-20-7-14-28-26(16-20)24-3-2-4-27(24)32(28)22-10-5-19(17-34)6-11-22/h5-16,24,27,34H,2-4,17H2,1H3,(H,36,37)/b25-15-. The van der Waals surface area contributed by atoms with Gasteiger partial charge in [0.1, 0.15) is 0 Å². The molecule has 3 aromatic rings. The van der Waals surface area contributed by atoms with Gasteiger partial charge in [0, 0.05) is 23.3 Å². The molecule has 3 aliphatic rings. The second-order valence-electron chi connectivity index (χ2n) is 9.83. The molecule has 1 fully saturated rings. The highest BCUT2D eigenvalue weighted by Crippen LogP contribution is 2.52. The highest BCUT2D eigenvalue weighted by atomic mass is 16.4. The number of carboxylic acid groups (broad SMARTS) is 1. The van der Waals surface area contributed by atoms with E-state index in [1.165, 1.54) is 34.8 Å². The molecule has 2 heterocycles. The Kier molecular flexibility index (Phi) is 5.65. The predicted octanol–water partition coefficient (Wildman–Crippen LogP) is 5.47. The number of hydrogen-bond acceptors (Lipinski definition) is 5. The van der Waals surface area contributed by atoms with Crippen molar-refractivity contribution < 1.29 is 19.8 Å². The zero-order valence-corrected chi connectivity index (χ0v) is 20.5. The summed E-state index contributed by atoms with van der Waals surface area (Å²) in [6.07, 6.45) is 5.36. The maximum absolute atomic E-state index is 13.2. The number of aromatic carboxylic acids is 1. The Labute approximate surface area is 215 Å². The number of hydrogen-bond donors (Lipinski definition) is 2. The molecule has 1 aliphatic carbocycles. The molecular formula is C30H27N3O4. The molecule has 2 unspecified atom stereocenters. The summed E-state index contributed by atoms with van der Waals surface area (Å²) in [5.41, 5.74) is 7.36. The van der Waals surface area contributed by atoms with Crippen LogP contribution in [0.2, 0.25) is 0 Å². The van der Waals surface area contributed by atoms with Gasteiger partial charge in [-0.05, 0) is 91.1 Å². The lowest BCUT2D eigenvalue weighted by Gasteiger charge is -2.27. The molecule has 0 saturated heterocycles. The van der Waals surface area contributed by atoms with Gasteiger partial charge >= 0.3 is 5.97 Å². The Morgan fingerprint density at radius 2 is 1.76 bits per heavy atom. The number of hydrazone groups is 1. The molecule has 1 saturated carbocycles. The van der Waals surface area contributed by atoms with Crippen LogP contribution < -0.4 is 9.91 Å². The lowest BCUT2D eigenvalue weighted by Crippen LogP contribution is -2.26. The number of anilines is 3. The van der Waals surface area contributed by atoms with Gasteiger partial charge < -0.3 is 15.1 Å². The second kappa shape index (κ2) is 9.01. The molecular weight excluding hydrogens is 466 g/mol. The van der Waals surface area contributed by atoms with E-state index in [0.717, 1.165) is 29.7 Å². The minimum absolute atomic E-state index is 0.0352. The summed E-state index contributed by atoms with van der Waals surface area (Å²) in [5.74, 6) is -0.795. The van der Waals surface area contributed by atoms with Crippen LogP contribution in [0.1, 0.15) is 59.2 Å². The van der Waals surface area contributed by atoms with Crippen molar-refractivity contribution in [2.24, 2.45) is 5.10 Å². The summed E-state index contributed by atoms with van der Waals surface area (Å²) >= 11 is 0. The first-order chi connectivity index (χ1) is 17.9. The molecule has 1 amide bonds. The average molecular weight is 494 g/mol. The molecule has 0 spiro atoms. The molecule has 6 rings (SSSR count). The first-order valence-electron chi connectivity index (χ1n) is 12.5. The summed E-state index contributed by atoms with van der Waals surface area (Å²) in [7, 11) is 0. The number of nitrogens with zero attached hydrogens (tertiary/aromatic N) is 3. The largest absolute Gasteiger partial charge is 0.478 e. The fourth-order valence-corrected chi connectivity index (χ4v) is 5.83. The summed E-state index contributed by atoms with van der Waals surface area (Å²) in [6, 6.07) is 21.1. The number of benzene rings is 3.